The second-order valence-electron chi connectivity index (χ2n) is 8.90. The molecule has 1 spiro atoms. The first-order chi connectivity index (χ1) is 17.5. The van der Waals surface area contributed by atoms with Crippen molar-refractivity contribution >= 4 is 44.4 Å². The Morgan fingerprint density at radius 1 is 0.972 bits per heavy atom. The van der Waals surface area contributed by atoms with Gasteiger partial charge in [-0.15, -0.1) is 6.58 Å². The third-order valence-corrected chi connectivity index (χ3v) is 7.47. The molecule has 6 nitrogen and oxygen atoms in total. The minimum absolute atomic E-state index is 0.0773. The Bertz CT molecular complexity index is 1630. The summed E-state index contributed by atoms with van der Waals surface area (Å²) < 4.78 is 6.78. The van der Waals surface area contributed by atoms with Gasteiger partial charge in [0.25, 0.3) is 11.8 Å². The van der Waals surface area contributed by atoms with Crippen molar-refractivity contribution in [2.45, 2.75) is 12.0 Å². The maximum Gasteiger partial charge on any atom is 0.291 e. The summed E-state index contributed by atoms with van der Waals surface area (Å²) in [6.07, 6.45) is 2.15. The molecule has 7 heteroatoms. The molecular formula is C29H21BrN2O4. The van der Waals surface area contributed by atoms with E-state index in [4.69, 9.17) is 4.42 Å². The van der Waals surface area contributed by atoms with Crippen LogP contribution < -0.4 is 10.3 Å². The molecule has 36 heavy (non-hydrogen) atoms. The number of para-hydroxylation sites is 1. The van der Waals surface area contributed by atoms with Crippen LogP contribution in [0.25, 0.3) is 11.0 Å². The number of amides is 2. The van der Waals surface area contributed by atoms with Crippen LogP contribution in [-0.4, -0.2) is 29.8 Å². The fourth-order valence-electron chi connectivity index (χ4n) is 5.46. The molecule has 0 bridgehead atoms. The summed E-state index contributed by atoms with van der Waals surface area (Å²) in [5.41, 5.74) is 0.656. The van der Waals surface area contributed by atoms with E-state index in [1.807, 2.05) is 54.6 Å². The van der Waals surface area contributed by atoms with Crippen molar-refractivity contribution in [3.8, 4) is 0 Å². The normalized spacial score (nSPS) is 18.2. The van der Waals surface area contributed by atoms with Gasteiger partial charge in [-0.25, -0.2) is 0 Å². The molecule has 3 heterocycles. The van der Waals surface area contributed by atoms with E-state index in [-0.39, 0.29) is 35.7 Å². The van der Waals surface area contributed by atoms with Crippen LogP contribution in [0, 0.1) is 0 Å². The van der Waals surface area contributed by atoms with Gasteiger partial charge in [-0.1, -0.05) is 70.5 Å². The first kappa shape index (κ1) is 22.5. The number of hydrogen-bond donors (Lipinski definition) is 0. The lowest BCUT2D eigenvalue weighted by Gasteiger charge is -2.34. The van der Waals surface area contributed by atoms with Crippen molar-refractivity contribution < 1.29 is 14.0 Å². The fraction of sp³-hybridized carbons (Fsp3) is 0.138. The smallest absolute Gasteiger partial charge is 0.291 e. The monoisotopic (exact) mass is 540 g/mol. The molecule has 2 aliphatic rings. The van der Waals surface area contributed by atoms with Crippen LogP contribution in [0.15, 0.2) is 99.1 Å². The minimum Gasteiger partial charge on any atom is -0.450 e. The van der Waals surface area contributed by atoms with Crippen LogP contribution in [0.3, 0.4) is 0 Å². The molecule has 3 aromatic carbocycles. The van der Waals surface area contributed by atoms with E-state index in [0.29, 0.717) is 33.1 Å². The van der Waals surface area contributed by atoms with Crippen molar-refractivity contribution in [1.29, 1.82) is 0 Å². The molecule has 2 aliphatic heterocycles. The summed E-state index contributed by atoms with van der Waals surface area (Å²) >= 11 is 3.42. The number of carbonyl (C=O) groups is 2. The second kappa shape index (κ2) is 8.31. The van der Waals surface area contributed by atoms with Gasteiger partial charge < -0.3 is 14.2 Å². The second-order valence-corrected chi connectivity index (χ2v) is 9.82. The highest BCUT2D eigenvalue weighted by Crippen LogP contribution is 2.52. The summed E-state index contributed by atoms with van der Waals surface area (Å²) in [7, 11) is 0. The van der Waals surface area contributed by atoms with E-state index >= 15 is 0 Å². The molecule has 2 amide bonds. The molecule has 6 rings (SSSR count). The SMILES string of the molecule is C=CCN1C(=O)C2(c3ccccc31)c1c(oc3ccc(Br)cc3c1=O)C(=O)N2CCc1ccccc1. The van der Waals surface area contributed by atoms with Gasteiger partial charge in [-0.2, -0.15) is 0 Å². The lowest BCUT2D eigenvalue weighted by atomic mass is 9.83. The molecular weight excluding hydrogens is 520 g/mol. The van der Waals surface area contributed by atoms with Crippen LogP contribution in [0.2, 0.25) is 0 Å². The molecule has 1 unspecified atom stereocenters. The van der Waals surface area contributed by atoms with Crippen LogP contribution in [0.1, 0.15) is 27.2 Å². The standard InChI is InChI=1S/C29H21BrN2O4/c1-2-15-31-22-11-7-6-10-21(22)29(28(31)35)24-25(33)20-17-19(30)12-13-23(20)36-26(24)27(34)32(29)16-14-18-8-4-3-5-9-18/h2-13,17H,1,14-16H2. The Hall–Kier alpha value is -3.97. The first-order valence-corrected chi connectivity index (χ1v) is 12.4. The number of fused-ring (bicyclic) bond motifs is 5. The van der Waals surface area contributed by atoms with E-state index in [1.54, 1.807) is 29.2 Å². The fourth-order valence-corrected chi connectivity index (χ4v) is 5.82. The molecule has 0 saturated carbocycles. The average molecular weight is 541 g/mol. The maximum absolute atomic E-state index is 14.4. The number of nitrogens with zero attached hydrogens (tertiary/aromatic N) is 2. The lowest BCUT2D eigenvalue weighted by molar-refractivity contribution is -0.125. The van der Waals surface area contributed by atoms with E-state index in [1.165, 1.54) is 4.90 Å². The predicted octanol–water partition coefficient (Wildman–Crippen LogP) is 5.03. The van der Waals surface area contributed by atoms with Crippen molar-refractivity contribution in [3.63, 3.8) is 0 Å². The molecule has 178 valence electrons. The number of halogens is 1. The molecule has 4 aromatic rings. The van der Waals surface area contributed by atoms with Gasteiger partial charge in [0.1, 0.15) is 5.58 Å². The van der Waals surface area contributed by atoms with Gasteiger partial charge >= 0.3 is 0 Å². The molecule has 1 aromatic heterocycles. The van der Waals surface area contributed by atoms with Crippen LogP contribution in [0.5, 0.6) is 0 Å². The number of carbonyl (C=O) groups excluding carboxylic acids is 2. The minimum atomic E-state index is -1.61. The van der Waals surface area contributed by atoms with Gasteiger partial charge in [0, 0.05) is 23.1 Å². The Labute approximate surface area is 215 Å². The Morgan fingerprint density at radius 3 is 2.50 bits per heavy atom. The Morgan fingerprint density at radius 2 is 1.72 bits per heavy atom. The lowest BCUT2D eigenvalue weighted by Crippen LogP contribution is -2.54. The maximum atomic E-state index is 14.4. The highest BCUT2D eigenvalue weighted by Gasteiger charge is 2.64. The first-order valence-electron chi connectivity index (χ1n) is 11.6. The molecule has 0 aliphatic carbocycles. The highest BCUT2D eigenvalue weighted by molar-refractivity contribution is 9.10. The van der Waals surface area contributed by atoms with Crippen LogP contribution in [0.4, 0.5) is 5.69 Å². The average Bonchev–Trinajstić information content (AvgIpc) is 3.29. The highest BCUT2D eigenvalue weighted by atomic mass is 79.9. The molecule has 0 radical (unpaired) electrons. The van der Waals surface area contributed by atoms with Crippen molar-refractivity contribution in [2.24, 2.45) is 0 Å². The zero-order valence-corrected chi connectivity index (χ0v) is 20.8. The summed E-state index contributed by atoms with van der Waals surface area (Å²) in [6, 6.07) is 22.1. The number of anilines is 1. The zero-order chi connectivity index (χ0) is 25.0. The summed E-state index contributed by atoms with van der Waals surface area (Å²) in [5.74, 6) is -0.900. The topological polar surface area (TPSA) is 70.8 Å². The van der Waals surface area contributed by atoms with Gasteiger partial charge in [0.2, 0.25) is 5.76 Å². The molecule has 0 saturated heterocycles. The van der Waals surface area contributed by atoms with Gasteiger partial charge in [-0.05, 0) is 36.2 Å². The molecule has 0 N–H and O–H groups in total. The Kier molecular flexibility index (Phi) is 5.19. The number of rotatable bonds is 5. The van der Waals surface area contributed by atoms with E-state index in [9.17, 15) is 14.4 Å². The number of benzene rings is 3. The summed E-state index contributed by atoms with van der Waals surface area (Å²) in [5, 5.41) is 0.313. The molecule has 1 atom stereocenters. The molecule has 0 fully saturated rings. The van der Waals surface area contributed by atoms with E-state index < -0.39 is 11.4 Å². The quantitative estimate of drug-likeness (QED) is 0.333. The van der Waals surface area contributed by atoms with Gasteiger partial charge in [0.05, 0.1) is 16.6 Å². The predicted molar refractivity (Wildman–Crippen MR) is 141 cm³/mol. The van der Waals surface area contributed by atoms with Gasteiger partial charge in [0.15, 0.2) is 11.0 Å². The van der Waals surface area contributed by atoms with E-state index in [0.717, 1.165) is 5.56 Å². The third kappa shape index (κ3) is 2.99. The van der Waals surface area contributed by atoms with Gasteiger partial charge in [-0.3, -0.25) is 14.4 Å². The largest absolute Gasteiger partial charge is 0.450 e. The third-order valence-electron chi connectivity index (χ3n) is 6.98. The van der Waals surface area contributed by atoms with Crippen molar-refractivity contribution in [2.75, 3.05) is 18.0 Å². The Balaban J connectivity index is 1.65. The van der Waals surface area contributed by atoms with Crippen molar-refractivity contribution in [3.05, 3.63) is 123 Å². The number of hydrogen-bond acceptors (Lipinski definition) is 4. The zero-order valence-electron chi connectivity index (χ0n) is 19.2. The van der Waals surface area contributed by atoms with Crippen molar-refractivity contribution in [1.82, 2.24) is 4.90 Å². The summed E-state index contributed by atoms with van der Waals surface area (Å²) in [6.45, 7) is 4.29. The van der Waals surface area contributed by atoms with Crippen LogP contribution >= 0.6 is 15.9 Å². The van der Waals surface area contributed by atoms with Crippen LogP contribution in [-0.2, 0) is 16.8 Å². The summed E-state index contributed by atoms with van der Waals surface area (Å²) in [4.78, 5) is 45.5. The van der Waals surface area contributed by atoms with E-state index in [2.05, 4.69) is 22.5 Å².